The van der Waals surface area contributed by atoms with Gasteiger partial charge in [-0.05, 0) is 25.0 Å². The molecule has 2 nitrogen and oxygen atoms in total. The third-order valence-electron chi connectivity index (χ3n) is 3.90. The number of piperidine rings is 1. The molecular formula is C15H14F7NOS. The Morgan fingerprint density at radius 1 is 1.12 bits per heavy atom. The van der Waals surface area contributed by atoms with Gasteiger partial charge in [0.05, 0.1) is 17.4 Å². The molecule has 0 saturated carbocycles. The molecule has 0 aliphatic carbocycles. The van der Waals surface area contributed by atoms with E-state index in [1.807, 2.05) is 0 Å². The maximum Gasteiger partial charge on any atom is 0.398 e. The lowest BCUT2D eigenvalue weighted by atomic mass is 9.96. The molecule has 0 radical (unpaired) electrons. The number of rotatable bonds is 4. The molecule has 2 rings (SSSR count). The van der Waals surface area contributed by atoms with Gasteiger partial charge >= 0.3 is 12.4 Å². The smallest absolute Gasteiger partial charge is 0.369 e. The lowest BCUT2D eigenvalue weighted by molar-refractivity contribution is -0.179. The van der Waals surface area contributed by atoms with Gasteiger partial charge in [-0.3, -0.25) is 4.79 Å². The highest BCUT2D eigenvalue weighted by atomic mass is 32.2. The Labute approximate surface area is 143 Å². The van der Waals surface area contributed by atoms with Gasteiger partial charge < -0.3 is 4.90 Å². The van der Waals surface area contributed by atoms with Gasteiger partial charge in [0.15, 0.2) is 6.29 Å². The number of halogens is 7. The molecule has 0 aromatic heterocycles. The van der Waals surface area contributed by atoms with Crippen LogP contribution in [0.4, 0.5) is 36.4 Å². The summed E-state index contributed by atoms with van der Waals surface area (Å²) < 4.78 is 89.3. The fourth-order valence-electron chi connectivity index (χ4n) is 2.62. The van der Waals surface area contributed by atoms with Crippen molar-refractivity contribution in [2.24, 2.45) is 5.92 Å². The van der Waals surface area contributed by atoms with Gasteiger partial charge in [0.25, 0.3) is 0 Å². The van der Waals surface area contributed by atoms with Crippen molar-refractivity contribution in [3.8, 4) is 0 Å². The monoisotopic (exact) mass is 389 g/mol. The van der Waals surface area contributed by atoms with E-state index < -0.39 is 29.8 Å². The molecule has 0 unspecified atom stereocenters. The Morgan fingerprint density at radius 2 is 1.72 bits per heavy atom. The van der Waals surface area contributed by atoms with Crippen molar-refractivity contribution < 1.29 is 35.5 Å². The first-order valence-electron chi connectivity index (χ1n) is 7.31. The van der Waals surface area contributed by atoms with E-state index in [-0.39, 0.29) is 48.4 Å². The van der Waals surface area contributed by atoms with Crippen molar-refractivity contribution in [3.05, 3.63) is 23.5 Å². The summed E-state index contributed by atoms with van der Waals surface area (Å²) in [7, 11) is 0. The van der Waals surface area contributed by atoms with Crippen LogP contribution in [0.15, 0.2) is 17.0 Å². The average molecular weight is 389 g/mol. The van der Waals surface area contributed by atoms with Crippen LogP contribution in [0.25, 0.3) is 0 Å². The van der Waals surface area contributed by atoms with Gasteiger partial charge in [0, 0.05) is 23.5 Å². The van der Waals surface area contributed by atoms with Crippen LogP contribution in [0.3, 0.4) is 0 Å². The number of alkyl halides is 6. The Bertz CT molecular complexity index is 622. The molecule has 140 valence electrons. The normalized spacial score (nSPS) is 17.0. The largest absolute Gasteiger partial charge is 0.398 e. The Hall–Kier alpha value is -1.45. The average Bonchev–Trinajstić information content (AvgIpc) is 2.51. The second-order valence-corrected chi connectivity index (χ2v) is 6.68. The van der Waals surface area contributed by atoms with E-state index in [0.29, 0.717) is 11.8 Å². The van der Waals surface area contributed by atoms with Crippen molar-refractivity contribution >= 4 is 23.7 Å². The van der Waals surface area contributed by atoms with Crippen LogP contribution >= 0.6 is 11.8 Å². The van der Waals surface area contributed by atoms with Gasteiger partial charge in [0.2, 0.25) is 0 Å². The number of carbonyl (C=O) groups is 1. The highest BCUT2D eigenvalue weighted by Crippen LogP contribution is 2.38. The molecule has 0 spiro atoms. The second kappa shape index (κ2) is 7.43. The van der Waals surface area contributed by atoms with Crippen molar-refractivity contribution in [3.63, 3.8) is 0 Å². The summed E-state index contributed by atoms with van der Waals surface area (Å²) in [5.74, 6) is -3.57. The minimum absolute atomic E-state index is 0.0540. The van der Waals surface area contributed by atoms with Crippen molar-refractivity contribution in [2.75, 3.05) is 23.7 Å². The topological polar surface area (TPSA) is 20.3 Å². The van der Waals surface area contributed by atoms with Crippen LogP contribution in [-0.4, -0.2) is 37.5 Å². The van der Waals surface area contributed by atoms with Crippen LogP contribution in [0.1, 0.15) is 23.2 Å². The summed E-state index contributed by atoms with van der Waals surface area (Å²) in [6.45, 7) is -0.129. The molecule has 1 fully saturated rings. The van der Waals surface area contributed by atoms with Gasteiger partial charge in [-0.2, -0.15) is 26.3 Å². The molecule has 1 aromatic rings. The number of benzene rings is 1. The molecule has 1 aliphatic rings. The lowest BCUT2D eigenvalue weighted by Crippen LogP contribution is -2.39. The molecule has 10 heteroatoms. The third kappa shape index (κ3) is 5.26. The third-order valence-corrected chi connectivity index (χ3v) is 5.03. The Morgan fingerprint density at radius 3 is 2.20 bits per heavy atom. The van der Waals surface area contributed by atoms with E-state index in [1.165, 1.54) is 4.90 Å². The minimum atomic E-state index is -4.47. The number of nitrogens with zero attached hydrogens (tertiary/aromatic N) is 1. The fourth-order valence-corrected chi connectivity index (χ4v) is 3.41. The Kier molecular flexibility index (Phi) is 5.90. The number of carbonyl (C=O) groups excluding carboxylic acids is 1. The van der Waals surface area contributed by atoms with Gasteiger partial charge in [-0.15, -0.1) is 11.8 Å². The van der Waals surface area contributed by atoms with Crippen molar-refractivity contribution in [1.82, 2.24) is 0 Å². The van der Waals surface area contributed by atoms with E-state index in [9.17, 15) is 35.5 Å². The summed E-state index contributed by atoms with van der Waals surface area (Å²) in [5, 5.41) is 0. The summed E-state index contributed by atoms with van der Waals surface area (Å²) in [5.41, 5.74) is -0.309. The maximum atomic E-state index is 14.2. The molecule has 0 N–H and O–H groups in total. The predicted molar refractivity (Wildman–Crippen MR) is 79.6 cm³/mol. The lowest BCUT2D eigenvalue weighted by Gasteiger charge is -2.34. The summed E-state index contributed by atoms with van der Waals surface area (Å²) in [6, 6.07) is 1.92. The number of thioether (sulfide) groups is 1. The number of aldehydes is 1. The van der Waals surface area contributed by atoms with Crippen LogP contribution in [0.5, 0.6) is 0 Å². The number of anilines is 1. The molecule has 1 heterocycles. The van der Waals surface area contributed by atoms with E-state index in [2.05, 4.69) is 0 Å². The molecule has 1 aliphatic heterocycles. The summed E-state index contributed by atoms with van der Waals surface area (Å²) in [6.07, 6.45) is -8.97. The van der Waals surface area contributed by atoms with Crippen LogP contribution in [-0.2, 0) is 0 Å². The fraction of sp³-hybridized carbons (Fsp3) is 0.533. The molecular weight excluding hydrogens is 375 g/mol. The van der Waals surface area contributed by atoms with E-state index in [1.54, 1.807) is 0 Å². The van der Waals surface area contributed by atoms with Gasteiger partial charge in [0.1, 0.15) is 5.82 Å². The maximum absolute atomic E-state index is 14.2. The van der Waals surface area contributed by atoms with Gasteiger partial charge in [-0.1, -0.05) is 0 Å². The minimum Gasteiger partial charge on any atom is -0.369 e. The predicted octanol–water partition coefficient (Wildman–Crippen LogP) is 5.07. The molecule has 25 heavy (non-hydrogen) atoms. The second-order valence-electron chi connectivity index (χ2n) is 5.67. The molecule has 0 amide bonds. The zero-order chi connectivity index (χ0) is 18.8. The highest BCUT2D eigenvalue weighted by molar-refractivity contribution is 7.99. The van der Waals surface area contributed by atoms with Crippen LogP contribution < -0.4 is 4.90 Å². The first-order valence-corrected chi connectivity index (χ1v) is 8.30. The van der Waals surface area contributed by atoms with Crippen LogP contribution in [0, 0.1) is 11.7 Å². The van der Waals surface area contributed by atoms with Crippen LogP contribution in [0.2, 0.25) is 0 Å². The summed E-state index contributed by atoms with van der Waals surface area (Å²) in [4.78, 5) is 12.3. The zero-order valence-corrected chi connectivity index (χ0v) is 13.6. The summed E-state index contributed by atoms with van der Waals surface area (Å²) >= 11 is 0.341. The van der Waals surface area contributed by atoms with E-state index in [4.69, 9.17) is 0 Å². The molecule has 0 atom stereocenters. The number of hydrogen-bond acceptors (Lipinski definition) is 3. The van der Waals surface area contributed by atoms with Gasteiger partial charge in [-0.25, -0.2) is 4.39 Å². The Balaban J connectivity index is 2.19. The first kappa shape index (κ1) is 19.9. The van der Waals surface area contributed by atoms with E-state index in [0.717, 1.165) is 12.1 Å². The standard InChI is InChI=1S/C15H14F7NOS/c16-11-5-9(7-24)13(25-8-14(17,18)19)6-12(11)23-3-1-10(2-4-23)15(20,21)22/h5-7,10H,1-4,8H2. The van der Waals surface area contributed by atoms with Crippen molar-refractivity contribution in [2.45, 2.75) is 30.1 Å². The quantitative estimate of drug-likeness (QED) is 0.407. The molecule has 0 bridgehead atoms. The first-order chi connectivity index (χ1) is 11.5. The number of hydrogen-bond donors (Lipinski definition) is 0. The highest BCUT2D eigenvalue weighted by Gasteiger charge is 2.41. The molecule has 1 aromatic carbocycles. The van der Waals surface area contributed by atoms with Crippen molar-refractivity contribution in [1.29, 1.82) is 0 Å². The molecule has 1 saturated heterocycles. The zero-order valence-electron chi connectivity index (χ0n) is 12.8. The van der Waals surface area contributed by atoms with E-state index >= 15 is 0 Å². The SMILES string of the molecule is O=Cc1cc(F)c(N2CCC(C(F)(F)F)CC2)cc1SCC(F)(F)F.